The summed E-state index contributed by atoms with van der Waals surface area (Å²) in [5.74, 6) is -0.607. The zero-order valence-electron chi connectivity index (χ0n) is 23.2. The van der Waals surface area contributed by atoms with E-state index in [9.17, 15) is 19.5 Å². The lowest BCUT2D eigenvalue weighted by Crippen LogP contribution is -2.54. The van der Waals surface area contributed by atoms with Crippen LogP contribution in [0.1, 0.15) is 70.0 Å². The number of carbonyl (C=O) groups excluding carboxylic acids is 3. The Hall–Kier alpha value is -3.81. The molecule has 0 bridgehead atoms. The highest BCUT2D eigenvalue weighted by Crippen LogP contribution is 2.25. The highest BCUT2D eigenvalue weighted by molar-refractivity contribution is 5.92. The van der Waals surface area contributed by atoms with E-state index in [0.29, 0.717) is 5.56 Å². The fourth-order valence-electron chi connectivity index (χ4n) is 4.81. The quantitative estimate of drug-likeness (QED) is 0.370. The van der Waals surface area contributed by atoms with E-state index in [4.69, 9.17) is 4.74 Å². The SMILES string of the molecule is C=CCN(C(=O)C(Cc1ccc(O)cc1)NC(=O)OC(C)(C)C)C(C(=O)NC1CCCCC1)c1ccccc1. The van der Waals surface area contributed by atoms with Crippen molar-refractivity contribution in [2.75, 3.05) is 6.54 Å². The number of ether oxygens (including phenoxy) is 1. The Morgan fingerprint density at radius 3 is 2.28 bits per heavy atom. The number of hydrogen-bond donors (Lipinski definition) is 3. The Morgan fingerprint density at radius 2 is 1.69 bits per heavy atom. The minimum absolute atomic E-state index is 0.0610. The Kier molecular flexibility index (Phi) is 10.5. The van der Waals surface area contributed by atoms with Crippen LogP contribution in [-0.2, 0) is 20.7 Å². The van der Waals surface area contributed by atoms with E-state index in [-0.39, 0.29) is 30.7 Å². The van der Waals surface area contributed by atoms with Crippen molar-refractivity contribution in [3.05, 3.63) is 78.4 Å². The van der Waals surface area contributed by atoms with Gasteiger partial charge in [0.1, 0.15) is 23.4 Å². The zero-order chi connectivity index (χ0) is 28.4. The standard InChI is InChI=1S/C31H41N3O5/c1-5-20-34(27(23-12-8-6-9-13-23)28(36)32-24-14-10-7-11-15-24)29(37)26(33-30(38)39-31(2,3)4)21-22-16-18-25(35)19-17-22/h5-6,8-9,12-13,16-19,24,26-27,35H,1,7,10-11,14-15,20-21H2,2-4H3,(H,32,36)(H,33,38). The third-order valence-electron chi connectivity index (χ3n) is 6.60. The van der Waals surface area contributed by atoms with Crippen LogP contribution in [0.2, 0.25) is 0 Å². The fraction of sp³-hybridized carbons (Fsp3) is 0.452. The number of rotatable bonds is 10. The fourth-order valence-corrected chi connectivity index (χ4v) is 4.81. The van der Waals surface area contributed by atoms with E-state index in [1.165, 1.54) is 17.0 Å². The van der Waals surface area contributed by atoms with Crippen LogP contribution in [0.15, 0.2) is 67.3 Å². The molecule has 0 radical (unpaired) electrons. The smallest absolute Gasteiger partial charge is 0.408 e. The molecule has 3 amide bonds. The molecule has 1 fully saturated rings. The number of alkyl carbamates (subject to hydrolysis) is 1. The Balaban J connectivity index is 1.96. The van der Waals surface area contributed by atoms with Crippen LogP contribution in [0.4, 0.5) is 4.79 Å². The zero-order valence-corrected chi connectivity index (χ0v) is 23.2. The number of phenolic OH excluding ortho intramolecular Hbond substituents is 1. The van der Waals surface area contributed by atoms with E-state index in [0.717, 1.165) is 37.7 Å². The number of hydrogen-bond acceptors (Lipinski definition) is 5. The summed E-state index contributed by atoms with van der Waals surface area (Å²) in [5, 5.41) is 15.6. The van der Waals surface area contributed by atoms with Gasteiger partial charge >= 0.3 is 6.09 Å². The van der Waals surface area contributed by atoms with Crippen molar-refractivity contribution >= 4 is 17.9 Å². The van der Waals surface area contributed by atoms with E-state index in [2.05, 4.69) is 17.2 Å². The molecule has 2 aromatic carbocycles. The topological polar surface area (TPSA) is 108 Å². The van der Waals surface area contributed by atoms with Crippen molar-refractivity contribution in [3.8, 4) is 5.75 Å². The molecule has 2 aromatic rings. The molecular formula is C31H41N3O5. The van der Waals surface area contributed by atoms with Crippen LogP contribution in [0, 0.1) is 0 Å². The second kappa shape index (κ2) is 13.8. The summed E-state index contributed by atoms with van der Waals surface area (Å²) >= 11 is 0. The summed E-state index contributed by atoms with van der Waals surface area (Å²) in [5.41, 5.74) is 0.633. The third kappa shape index (κ3) is 9.16. The van der Waals surface area contributed by atoms with Gasteiger partial charge in [-0.05, 0) is 56.9 Å². The van der Waals surface area contributed by atoms with E-state index >= 15 is 0 Å². The largest absolute Gasteiger partial charge is 0.508 e. The molecule has 39 heavy (non-hydrogen) atoms. The molecule has 0 aliphatic heterocycles. The van der Waals surface area contributed by atoms with E-state index < -0.39 is 29.7 Å². The summed E-state index contributed by atoms with van der Waals surface area (Å²) in [6.07, 6.45) is 6.07. The van der Waals surface area contributed by atoms with Gasteiger partial charge in [-0.1, -0.05) is 67.8 Å². The van der Waals surface area contributed by atoms with Gasteiger partial charge in [0, 0.05) is 19.0 Å². The predicted molar refractivity (Wildman–Crippen MR) is 151 cm³/mol. The molecule has 2 unspecified atom stereocenters. The van der Waals surface area contributed by atoms with Gasteiger partial charge in [0.05, 0.1) is 0 Å². The first-order valence-corrected chi connectivity index (χ1v) is 13.6. The number of nitrogens with one attached hydrogen (secondary N) is 2. The molecule has 0 spiro atoms. The van der Waals surface area contributed by atoms with Crippen molar-refractivity contribution < 1.29 is 24.2 Å². The number of carbonyl (C=O) groups is 3. The highest BCUT2D eigenvalue weighted by atomic mass is 16.6. The molecule has 0 heterocycles. The summed E-state index contributed by atoms with van der Waals surface area (Å²) in [4.78, 5) is 42.2. The van der Waals surface area contributed by atoms with Crippen LogP contribution in [0.5, 0.6) is 5.75 Å². The number of amides is 3. The molecule has 8 nitrogen and oxygen atoms in total. The maximum absolute atomic E-state index is 14.2. The van der Waals surface area contributed by atoms with Crippen LogP contribution in [-0.4, -0.2) is 52.1 Å². The van der Waals surface area contributed by atoms with Gasteiger partial charge in [0.25, 0.3) is 0 Å². The number of nitrogens with zero attached hydrogens (tertiary/aromatic N) is 1. The molecular weight excluding hydrogens is 494 g/mol. The Bertz CT molecular complexity index is 1110. The lowest BCUT2D eigenvalue weighted by Gasteiger charge is -2.35. The average Bonchev–Trinajstić information content (AvgIpc) is 2.89. The van der Waals surface area contributed by atoms with Gasteiger partial charge in [0.15, 0.2) is 0 Å². The van der Waals surface area contributed by atoms with E-state index in [1.807, 2.05) is 30.3 Å². The predicted octanol–water partition coefficient (Wildman–Crippen LogP) is 5.03. The highest BCUT2D eigenvalue weighted by Gasteiger charge is 2.36. The molecule has 1 saturated carbocycles. The van der Waals surface area contributed by atoms with Crippen molar-refractivity contribution in [3.63, 3.8) is 0 Å². The van der Waals surface area contributed by atoms with E-state index in [1.54, 1.807) is 39.0 Å². The van der Waals surface area contributed by atoms with Gasteiger partial charge in [0.2, 0.25) is 11.8 Å². The Morgan fingerprint density at radius 1 is 1.05 bits per heavy atom. The average molecular weight is 536 g/mol. The second-order valence-corrected chi connectivity index (χ2v) is 11.0. The van der Waals surface area contributed by atoms with Gasteiger partial charge in [-0.15, -0.1) is 6.58 Å². The molecule has 0 aromatic heterocycles. The van der Waals surface area contributed by atoms with Crippen LogP contribution >= 0.6 is 0 Å². The number of benzene rings is 2. The van der Waals surface area contributed by atoms with Crippen molar-refractivity contribution in [1.29, 1.82) is 0 Å². The second-order valence-electron chi connectivity index (χ2n) is 11.0. The first-order chi connectivity index (χ1) is 18.6. The minimum Gasteiger partial charge on any atom is -0.508 e. The van der Waals surface area contributed by atoms with Crippen LogP contribution in [0.3, 0.4) is 0 Å². The van der Waals surface area contributed by atoms with Crippen molar-refractivity contribution in [2.24, 2.45) is 0 Å². The van der Waals surface area contributed by atoms with Crippen molar-refractivity contribution in [2.45, 2.75) is 83.0 Å². The molecule has 3 rings (SSSR count). The summed E-state index contributed by atoms with van der Waals surface area (Å²) in [6, 6.07) is 13.7. The van der Waals surface area contributed by atoms with Crippen molar-refractivity contribution in [1.82, 2.24) is 15.5 Å². The number of phenols is 1. The van der Waals surface area contributed by atoms with Gasteiger partial charge in [-0.3, -0.25) is 9.59 Å². The monoisotopic (exact) mass is 535 g/mol. The third-order valence-corrected chi connectivity index (χ3v) is 6.60. The lowest BCUT2D eigenvalue weighted by molar-refractivity contribution is -0.142. The van der Waals surface area contributed by atoms with Gasteiger partial charge in [-0.25, -0.2) is 4.79 Å². The lowest BCUT2D eigenvalue weighted by atomic mass is 9.94. The molecule has 8 heteroatoms. The summed E-state index contributed by atoms with van der Waals surface area (Å²) < 4.78 is 5.45. The molecule has 3 N–H and O–H groups in total. The van der Waals surface area contributed by atoms with Crippen LogP contribution in [0.25, 0.3) is 0 Å². The van der Waals surface area contributed by atoms with Crippen LogP contribution < -0.4 is 10.6 Å². The first kappa shape index (κ1) is 29.7. The Labute approximate surface area is 231 Å². The summed E-state index contributed by atoms with van der Waals surface area (Å²) in [6.45, 7) is 9.16. The van der Waals surface area contributed by atoms with Gasteiger partial charge < -0.3 is 25.4 Å². The minimum atomic E-state index is -1.03. The number of aromatic hydroxyl groups is 1. The first-order valence-electron chi connectivity index (χ1n) is 13.6. The molecule has 2 atom stereocenters. The maximum Gasteiger partial charge on any atom is 0.408 e. The molecule has 210 valence electrons. The maximum atomic E-state index is 14.2. The molecule has 1 aliphatic carbocycles. The normalized spacial score (nSPS) is 15.5. The van der Waals surface area contributed by atoms with Gasteiger partial charge in [-0.2, -0.15) is 0 Å². The molecule has 0 saturated heterocycles. The summed E-state index contributed by atoms with van der Waals surface area (Å²) in [7, 11) is 0. The molecule has 1 aliphatic rings.